The Bertz CT molecular complexity index is 801. The lowest BCUT2D eigenvalue weighted by atomic mass is 9.87. The Morgan fingerprint density at radius 2 is 1.83 bits per heavy atom. The van der Waals surface area contributed by atoms with Gasteiger partial charge in [0.1, 0.15) is 5.82 Å². The van der Waals surface area contributed by atoms with E-state index in [1.807, 2.05) is 18.2 Å². The lowest BCUT2D eigenvalue weighted by molar-refractivity contribution is -0.117. The Morgan fingerprint density at radius 1 is 1.07 bits per heavy atom. The van der Waals surface area contributed by atoms with Gasteiger partial charge in [0, 0.05) is 31.4 Å². The Balaban J connectivity index is 0.00000225. The molecule has 30 heavy (non-hydrogen) atoms. The molecular weight excluding hydrogens is 447 g/mol. The maximum Gasteiger partial charge on any atom is 0.224 e. The predicted molar refractivity (Wildman–Crippen MR) is 130 cm³/mol. The number of nitrogens with zero attached hydrogens (tertiary/aromatic N) is 1. The van der Waals surface area contributed by atoms with Crippen molar-refractivity contribution in [3.8, 4) is 0 Å². The molecule has 1 saturated carbocycles. The molecule has 0 atom stereocenters. The molecule has 0 unspecified atom stereocenters. The predicted octanol–water partition coefficient (Wildman–Crippen LogP) is 4.63. The summed E-state index contributed by atoms with van der Waals surface area (Å²) in [6, 6.07) is 7.47. The van der Waals surface area contributed by atoms with E-state index < -0.39 is 0 Å². The van der Waals surface area contributed by atoms with Crippen molar-refractivity contribution in [1.29, 1.82) is 0 Å². The van der Waals surface area contributed by atoms with Crippen LogP contribution in [0.1, 0.15) is 38.5 Å². The average Bonchev–Trinajstić information content (AvgIpc) is 2.71. The summed E-state index contributed by atoms with van der Waals surface area (Å²) in [6.07, 6.45) is 6.57. The summed E-state index contributed by atoms with van der Waals surface area (Å²) in [7, 11) is 0. The van der Waals surface area contributed by atoms with Crippen LogP contribution in [0.4, 0.5) is 11.5 Å². The first-order valence-corrected chi connectivity index (χ1v) is 10.5. The minimum atomic E-state index is 0. The van der Waals surface area contributed by atoms with Crippen molar-refractivity contribution in [2.75, 3.05) is 36.9 Å². The number of amides is 1. The fraction of sp³-hybridized carbons (Fsp3) is 0.524. The quantitative estimate of drug-likeness (QED) is 0.395. The molecule has 4 N–H and O–H groups in total. The van der Waals surface area contributed by atoms with E-state index in [0.717, 1.165) is 36.1 Å². The third-order valence-electron chi connectivity index (χ3n) is 5.18. The number of aliphatic hydroxyl groups excluding tert-OH is 1. The lowest BCUT2D eigenvalue weighted by Crippen LogP contribution is -2.25. The van der Waals surface area contributed by atoms with Crippen molar-refractivity contribution < 1.29 is 9.90 Å². The van der Waals surface area contributed by atoms with Gasteiger partial charge in [-0.25, -0.2) is 4.98 Å². The van der Waals surface area contributed by atoms with Crippen LogP contribution in [0.2, 0.25) is 5.02 Å². The fourth-order valence-corrected chi connectivity index (χ4v) is 3.94. The zero-order valence-corrected chi connectivity index (χ0v) is 19.3. The molecule has 1 amide bonds. The highest BCUT2D eigenvalue weighted by molar-refractivity contribution is 6.35. The monoisotopic (exact) mass is 476 g/mol. The van der Waals surface area contributed by atoms with Gasteiger partial charge in [-0.15, -0.1) is 24.8 Å². The molecule has 6 nitrogen and oxygen atoms in total. The number of nitrogens with one attached hydrogen (secondary N) is 3. The second-order valence-corrected chi connectivity index (χ2v) is 7.75. The van der Waals surface area contributed by atoms with Crippen molar-refractivity contribution in [3.05, 3.63) is 29.3 Å². The summed E-state index contributed by atoms with van der Waals surface area (Å²) in [5.41, 5.74) is 1.43. The molecule has 1 aromatic carbocycles. The van der Waals surface area contributed by atoms with Gasteiger partial charge in [-0.05, 0) is 43.0 Å². The number of carbonyl (C=O) groups is 1. The molecule has 0 radical (unpaired) electrons. The topological polar surface area (TPSA) is 86.3 Å². The molecule has 1 aromatic heterocycles. The summed E-state index contributed by atoms with van der Waals surface area (Å²) in [5.74, 6) is 1.27. The number of fused-ring (bicyclic) bond motifs is 1. The van der Waals surface area contributed by atoms with Gasteiger partial charge in [-0.3, -0.25) is 4.79 Å². The number of benzene rings is 1. The van der Waals surface area contributed by atoms with E-state index in [2.05, 4.69) is 20.9 Å². The van der Waals surface area contributed by atoms with E-state index in [4.69, 9.17) is 16.7 Å². The first kappa shape index (κ1) is 26.7. The summed E-state index contributed by atoms with van der Waals surface area (Å²) in [5, 5.41) is 19.5. The van der Waals surface area contributed by atoms with E-state index in [1.54, 1.807) is 6.07 Å². The number of rotatable bonds is 9. The highest BCUT2D eigenvalue weighted by Gasteiger charge is 2.18. The van der Waals surface area contributed by atoms with Gasteiger partial charge in [0.2, 0.25) is 5.91 Å². The molecule has 1 aliphatic rings. The lowest BCUT2D eigenvalue weighted by Gasteiger charge is -2.21. The fourth-order valence-electron chi connectivity index (χ4n) is 3.73. The maximum atomic E-state index is 12.5. The van der Waals surface area contributed by atoms with Crippen molar-refractivity contribution >= 4 is 64.7 Å². The molecule has 1 fully saturated rings. The molecule has 0 saturated heterocycles. The maximum absolute atomic E-state index is 12.5. The van der Waals surface area contributed by atoms with Crippen molar-refractivity contribution in [2.45, 2.75) is 38.5 Å². The Kier molecular flexibility index (Phi) is 12.4. The van der Waals surface area contributed by atoms with E-state index in [0.29, 0.717) is 36.1 Å². The third kappa shape index (κ3) is 7.75. The van der Waals surface area contributed by atoms with Gasteiger partial charge in [-0.1, -0.05) is 30.9 Å². The molecule has 3 rings (SSSR count). The molecule has 0 aliphatic heterocycles. The van der Waals surface area contributed by atoms with Gasteiger partial charge in [0.15, 0.2) is 0 Å². The average molecular weight is 478 g/mol. The van der Waals surface area contributed by atoms with Crippen molar-refractivity contribution in [2.24, 2.45) is 5.92 Å². The number of aliphatic hydroxyl groups is 1. The van der Waals surface area contributed by atoms with E-state index in [-0.39, 0.29) is 37.3 Å². The number of hydrogen-bond acceptors (Lipinski definition) is 5. The molecule has 9 heteroatoms. The van der Waals surface area contributed by atoms with Crippen molar-refractivity contribution in [1.82, 2.24) is 10.3 Å². The van der Waals surface area contributed by atoms with Gasteiger partial charge in [0.05, 0.1) is 22.8 Å². The number of halogens is 3. The van der Waals surface area contributed by atoms with Crippen LogP contribution in [0.25, 0.3) is 10.9 Å². The molecular formula is C21H31Cl3N4O2. The zero-order valence-electron chi connectivity index (χ0n) is 17.0. The highest BCUT2D eigenvalue weighted by atomic mass is 35.5. The van der Waals surface area contributed by atoms with Crippen LogP contribution in [0.5, 0.6) is 0 Å². The largest absolute Gasteiger partial charge is 0.395 e. The molecule has 0 bridgehead atoms. The van der Waals surface area contributed by atoms with Crippen LogP contribution < -0.4 is 16.0 Å². The molecule has 2 aromatic rings. The highest BCUT2D eigenvalue weighted by Crippen LogP contribution is 2.32. The van der Waals surface area contributed by atoms with Crippen LogP contribution in [0.3, 0.4) is 0 Å². The number of hydrogen-bond donors (Lipinski definition) is 4. The van der Waals surface area contributed by atoms with Gasteiger partial charge in [-0.2, -0.15) is 0 Å². The van der Waals surface area contributed by atoms with E-state index >= 15 is 0 Å². The standard InChI is InChI=1S/C21H29ClN4O2.2ClH/c22-17-7-8-18-16(6-9-19(25-18)24-11-10-23-12-13-27)21(17)26-20(28)14-15-4-2-1-3-5-15;;/h6-9,15,23,27H,1-5,10-14H2,(H,24,25)(H,26,28);2*1H. The second kappa shape index (κ2) is 13.9. The minimum Gasteiger partial charge on any atom is -0.395 e. The molecule has 0 spiro atoms. The van der Waals surface area contributed by atoms with Gasteiger partial charge < -0.3 is 21.1 Å². The SMILES string of the molecule is Cl.Cl.O=C(CC1CCCCC1)Nc1c(Cl)ccc2nc(NCCNCCO)ccc12. The number of pyridine rings is 1. The van der Waals surface area contributed by atoms with Crippen LogP contribution >= 0.6 is 36.4 Å². The zero-order chi connectivity index (χ0) is 19.8. The van der Waals surface area contributed by atoms with E-state index in [9.17, 15) is 4.79 Å². The second-order valence-electron chi connectivity index (χ2n) is 7.34. The van der Waals surface area contributed by atoms with E-state index in [1.165, 1.54) is 19.3 Å². The molecule has 1 heterocycles. The van der Waals surface area contributed by atoms with Crippen LogP contribution in [-0.2, 0) is 4.79 Å². The number of carbonyl (C=O) groups excluding carboxylic acids is 1. The minimum absolute atomic E-state index is 0. The van der Waals surface area contributed by atoms with Gasteiger partial charge >= 0.3 is 0 Å². The first-order valence-electron chi connectivity index (χ1n) is 10.1. The van der Waals surface area contributed by atoms with Crippen molar-refractivity contribution in [3.63, 3.8) is 0 Å². The van der Waals surface area contributed by atoms with Crippen LogP contribution in [0.15, 0.2) is 24.3 Å². The third-order valence-corrected chi connectivity index (χ3v) is 5.50. The summed E-state index contributed by atoms with van der Waals surface area (Å²) in [6.45, 7) is 2.15. The Hall–Kier alpha value is -1.31. The number of anilines is 2. The summed E-state index contributed by atoms with van der Waals surface area (Å²) >= 11 is 6.38. The first-order chi connectivity index (χ1) is 13.7. The Morgan fingerprint density at radius 3 is 2.57 bits per heavy atom. The van der Waals surface area contributed by atoms with Crippen LogP contribution in [-0.4, -0.2) is 42.2 Å². The van der Waals surface area contributed by atoms with Gasteiger partial charge in [0.25, 0.3) is 0 Å². The summed E-state index contributed by atoms with van der Waals surface area (Å²) < 4.78 is 0. The number of aromatic nitrogens is 1. The molecule has 168 valence electrons. The van der Waals surface area contributed by atoms with Crippen LogP contribution in [0, 0.1) is 5.92 Å². The smallest absolute Gasteiger partial charge is 0.224 e. The normalized spacial score (nSPS) is 13.9. The Labute approximate surface area is 195 Å². The molecule has 1 aliphatic carbocycles. The summed E-state index contributed by atoms with van der Waals surface area (Å²) in [4.78, 5) is 17.2.